The number of nitrogens with zero attached hydrogens (tertiary/aromatic N) is 1. The Labute approximate surface area is 106 Å². The molecular weight excluding hydrogens is 212 g/mol. The van der Waals surface area contributed by atoms with E-state index in [-0.39, 0.29) is 0 Å². The maximum atomic E-state index is 5.73. The molecule has 100 valence electrons. The SMILES string of the molecule is CC(C)CN(CC1CCCN1)C1CCOC1C. The lowest BCUT2D eigenvalue weighted by molar-refractivity contribution is 0.0652. The molecule has 0 spiro atoms. The lowest BCUT2D eigenvalue weighted by Gasteiger charge is -2.34. The summed E-state index contributed by atoms with van der Waals surface area (Å²) < 4.78 is 5.73. The van der Waals surface area contributed by atoms with E-state index < -0.39 is 0 Å². The van der Waals surface area contributed by atoms with Crippen LogP contribution in [0.3, 0.4) is 0 Å². The first-order valence-corrected chi connectivity index (χ1v) is 7.26. The summed E-state index contributed by atoms with van der Waals surface area (Å²) in [4.78, 5) is 2.67. The average Bonchev–Trinajstić information content (AvgIpc) is 2.87. The normalized spacial score (nSPS) is 34.1. The third kappa shape index (κ3) is 3.67. The Morgan fingerprint density at radius 1 is 1.35 bits per heavy atom. The second-order valence-electron chi connectivity index (χ2n) is 6.07. The van der Waals surface area contributed by atoms with Crippen LogP contribution in [0.25, 0.3) is 0 Å². The second kappa shape index (κ2) is 6.17. The highest BCUT2D eigenvalue weighted by Crippen LogP contribution is 2.22. The topological polar surface area (TPSA) is 24.5 Å². The number of rotatable bonds is 5. The predicted molar refractivity (Wildman–Crippen MR) is 71.3 cm³/mol. The molecule has 2 aliphatic heterocycles. The molecule has 0 aromatic heterocycles. The van der Waals surface area contributed by atoms with Crippen LogP contribution in [0.4, 0.5) is 0 Å². The fourth-order valence-corrected chi connectivity index (χ4v) is 3.21. The third-order valence-electron chi connectivity index (χ3n) is 4.02. The summed E-state index contributed by atoms with van der Waals surface area (Å²) in [6, 6.07) is 1.35. The molecule has 0 saturated carbocycles. The highest BCUT2D eigenvalue weighted by atomic mass is 16.5. The summed E-state index contributed by atoms with van der Waals surface area (Å²) in [5.41, 5.74) is 0. The van der Waals surface area contributed by atoms with Crippen LogP contribution in [0.2, 0.25) is 0 Å². The molecule has 2 saturated heterocycles. The number of hydrogen-bond acceptors (Lipinski definition) is 3. The van der Waals surface area contributed by atoms with E-state index in [0.29, 0.717) is 18.2 Å². The summed E-state index contributed by atoms with van der Waals surface area (Å²) in [6.07, 6.45) is 4.31. The van der Waals surface area contributed by atoms with Crippen LogP contribution >= 0.6 is 0 Å². The molecule has 2 heterocycles. The van der Waals surface area contributed by atoms with Crippen LogP contribution in [0.5, 0.6) is 0 Å². The molecular formula is C14H28N2O. The lowest BCUT2D eigenvalue weighted by Crippen LogP contribution is -2.47. The Bertz CT molecular complexity index is 226. The smallest absolute Gasteiger partial charge is 0.0703 e. The monoisotopic (exact) mass is 240 g/mol. The molecule has 3 unspecified atom stereocenters. The largest absolute Gasteiger partial charge is 0.377 e. The Kier molecular flexibility index (Phi) is 4.83. The highest BCUT2D eigenvalue weighted by molar-refractivity contribution is 4.87. The van der Waals surface area contributed by atoms with Gasteiger partial charge in [0.15, 0.2) is 0 Å². The second-order valence-corrected chi connectivity index (χ2v) is 6.07. The first kappa shape index (κ1) is 13.3. The zero-order valence-electron chi connectivity index (χ0n) is 11.6. The highest BCUT2D eigenvalue weighted by Gasteiger charge is 2.31. The van der Waals surface area contributed by atoms with Crippen LogP contribution < -0.4 is 5.32 Å². The molecule has 3 atom stereocenters. The molecule has 0 amide bonds. The number of nitrogens with one attached hydrogen (secondary N) is 1. The summed E-state index contributed by atoms with van der Waals surface area (Å²) in [5.74, 6) is 0.740. The fourth-order valence-electron chi connectivity index (χ4n) is 3.21. The maximum Gasteiger partial charge on any atom is 0.0703 e. The fraction of sp³-hybridized carbons (Fsp3) is 1.00. The van der Waals surface area contributed by atoms with E-state index in [9.17, 15) is 0 Å². The van der Waals surface area contributed by atoms with Crippen molar-refractivity contribution < 1.29 is 4.74 Å². The summed E-state index contributed by atoms with van der Waals surface area (Å²) in [5, 5.41) is 3.62. The van der Waals surface area contributed by atoms with Crippen molar-refractivity contribution in [2.75, 3.05) is 26.2 Å². The van der Waals surface area contributed by atoms with Crippen molar-refractivity contribution >= 4 is 0 Å². The molecule has 2 rings (SSSR count). The van der Waals surface area contributed by atoms with Gasteiger partial charge in [-0.05, 0) is 38.6 Å². The zero-order valence-corrected chi connectivity index (χ0v) is 11.6. The maximum absolute atomic E-state index is 5.73. The van der Waals surface area contributed by atoms with Crippen molar-refractivity contribution in [3.05, 3.63) is 0 Å². The van der Waals surface area contributed by atoms with E-state index in [1.54, 1.807) is 0 Å². The zero-order chi connectivity index (χ0) is 12.3. The summed E-state index contributed by atoms with van der Waals surface area (Å²) in [7, 11) is 0. The molecule has 0 aromatic rings. The van der Waals surface area contributed by atoms with Gasteiger partial charge in [0.05, 0.1) is 6.10 Å². The summed E-state index contributed by atoms with van der Waals surface area (Å²) in [6.45, 7) is 11.4. The van der Waals surface area contributed by atoms with Gasteiger partial charge in [-0.1, -0.05) is 13.8 Å². The third-order valence-corrected chi connectivity index (χ3v) is 4.02. The Morgan fingerprint density at radius 2 is 2.18 bits per heavy atom. The van der Waals surface area contributed by atoms with Gasteiger partial charge in [0, 0.05) is 31.8 Å². The number of ether oxygens (including phenoxy) is 1. The minimum absolute atomic E-state index is 0.412. The Morgan fingerprint density at radius 3 is 2.71 bits per heavy atom. The van der Waals surface area contributed by atoms with Crippen molar-refractivity contribution in [3.8, 4) is 0 Å². The first-order valence-electron chi connectivity index (χ1n) is 7.26. The average molecular weight is 240 g/mol. The Balaban J connectivity index is 1.91. The van der Waals surface area contributed by atoms with E-state index in [4.69, 9.17) is 4.74 Å². The molecule has 3 nitrogen and oxygen atoms in total. The minimum Gasteiger partial charge on any atom is -0.377 e. The first-order chi connectivity index (χ1) is 8.16. The molecule has 2 fully saturated rings. The molecule has 0 bridgehead atoms. The van der Waals surface area contributed by atoms with Crippen molar-refractivity contribution in [2.24, 2.45) is 5.92 Å². The molecule has 17 heavy (non-hydrogen) atoms. The van der Waals surface area contributed by atoms with Gasteiger partial charge in [-0.2, -0.15) is 0 Å². The number of hydrogen-bond donors (Lipinski definition) is 1. The molecule has 2 aliphatic rings. The molecule has 3 heteroatoms. The van der Waals surface area contributed by atoms with Crippen molar-refractivity contribution in [3.63, 3.8) is 0 Å². The summed E-state index contributed by atoms with van der Waals surface area (Å²) >= 11 is 0. The van der Waals surface area contributed by atoms with E-state index in [1.165, 1.54) is 38.9 Å². The predicted octanol–water partition coefficient (Wildman–Crippen LogP) is 1.87. The molecule has 1 N–H and O–H groups in total. The Hall–Kier alpha value is -0.120. The van der Waals surface area contributed by atoms with Gasteiger partial charge in [0.2, 0.25) is 0 Å². The van der Waals surface area contributed by atoms with Gasteiger partial charge in [-0.25, -0.2) is 0 Å². The van der Waals surface area contributed by atoms with Crippen molar-refractivity contribution in [1.82, 2.24) is 10.2 Å². The lowest BCUT2D eigenvalue weighted by atomic mass is 10.1. The molecule has 0 aliphatic carbocycles. The van der Waals surface area contributed by atoms with Gasteiger partial charge in [-0.3, -0.25) is 4.90 Å². The van der Waals surface area contributed by atoms with Crippen LogP contribution in [0.15, 0.2) is 0 Å². The van der Waals surface area contributed by atoms with Crippen LogP contribution in [-0.4, -0.2) is 49.3 Å². The molecule has 0 radical (unpaired) electrons. The molecule has 0 aromatic carbocycles. The van der Waals surface area contributed by atoms with Crippen molar-refractivity contribution in [2.45, 2.75) is 58.2 Å². The van der Waals surface area contributed by atoms with Crippen LogP contribution in [0.1, 0.15) is 40.0 Å². The van der Waals surface area contributed by atoms with Crippen LogP contribution in [-0.2, 0) is 4.74 Å². The van der Waals surface area contributed by atoms with Gasteiger partial charge in [0.1, 0.15) is 0 Å². The standard InChI is InChI=1S/C14H28N2O/c1-11(2)9-16(10-13-5-4-7-15-13)14-6-8-17-12(14)3/h11-15H,4-10H2,1-3H3. The van der Waals surface area contributed by atoms with E-state index in [0.717, 1.165) is 12.5 Å². The van der Waals surface area contributed by atoms with Gasteiger partial charge >= 0.3 is 0 Å². The quantitative estimate of drug-likeness (QED) is 0.794. The van der Waals surface area contributed by atoms with E-state index in [1.807, 2.05) is 0 Å². The van der Waals surface area contributed by atoms with Crippen molar-refractivity contribution in [1.29, 1.82) is 0 Å². The van der Waals surface area contributed by atoms with Gasteiger partial charge in [-0.15, -0.1) is 0 Å². The van der Waals surface area contributed by atoms with E-state index >= 15 is 0 Å². The van der Waals surface area contributed by atoms with E-state index in [2.05, 4.69) is 31.0 Å². The van der Waals surface area contributed by atoms with Gasteiger partial charge < -0.3 is 10.1 Å². The van der Waals surface area contributed by atoms with Crippen LogP contribution in [0, 0.1) is 5.92 Å². The van der Waals surface area contributed by atoms with Gasteiger partial charge in [0.25, 0.3) is 0 Å². The minimum atomic E-state index is 0.412.